The number of hydrogen-bond donors (Lipinski definition) is 1. The minimum Gasteiger partial charge on any atom is -0.392 e. The molecule has 5 heteroatoms. The minimum absolute atomic E-state index is 0.00589. The van der Waals surface area contributed by atoms with E-state index in [1.807, 2.05) is 6.08 Å². The SMILES string of the molecule is COC1CCC(O)C(C(=O)/C=C/C2CCCC(OC)C2OC)C1. The van der Waals surface area contributed by atoms with Crippen LogP contribution >= 0.6 is 0 Å². The molecule has 0 saturated heterocycles. The molecule has 6 atom stereocenters. The number of methoxy groups -OCH3 is 3. The highest BCUT2D eigenvalue weighted by Crippen LogP contribution is 2.31. The van der Waals surface area contributed by atoms with Crippen LogP contribution in [0.15, 0.2) is 12.2 Å². The zero-order valence-electron chi connectivity index (χ0n) is 14.4. The van der Waals surface area contributed by atoms with Gasteiger partial charge in [0.1, 0.15) is 0 Å². The molecular weight excluding hydrogens is 296 g/mol. The number of rotatable bonds is 6. The van der Waals surface area contributed by atoms with E-state index in [0.717, 1.165) is 25.7 Å². The Kier molecular flexibility index (Phi) is 7.21. The molecule has 0 aliphatic heterocycles. The second kappa shape index (κ2) is 8.92. The van der Waals surface area contributed by atoms with Gasteiger partial charge in [-0.05, 0) is 38.2 Å². The number of carbonyl (C=O) groups is 1. The predicted octanol–water partition coefficient (Wildman–Crippen LogP) is 2.12. The van der Waals surface area contributed by atoms with Gasteiger partial charge in [-0.2, -0.15) is 0 Å². The van der Waals surface area contributed by atoms with Gasteiger partial charge >= 0.3 is 0 Å². The molecule has 0 radical (unpaired) electrons. The van der Waals surface area contributed by atoms with E-state index in [2.05, 4.69) is 0 Å². The largest absolute Gasteiger partial charge is 0.392 e. The maximum absolute atomic E-state index is 12.5. The fraction of sp³-hybridized carbons (Fsp3) is 0.833. The summed E-state index contributed by atoms with van der Waals surface area (Å²) in [5.74, 6) is -0.178. The first-order chi connectivity index (χ1) is 11.1. The third kappa shape index (κ3) is 4.63. The first-order valence-corrected chi connectivity index (χ1v) is 8.59. The summed E-state index contributed by atoms with van der Waals surface area (Å²) in [6.45, 7) is 0. The number of ketones is 1. The fourth-order valence-electron chi connectivity index (χ4n) is 3.92. The number of hydrogen-bond acceptors (Lipinski definition) is 5. The molecule has 0 heterocycles. The summed E-state index contributed by atoms with van der Waals surface area (Å²) in [6.07, 6.45) is 8.26. The average molecular weight is 326 g/mol. The van der Waals surface area contributed by atoms with E-state index < -0.39 is 6.10 Å². The van der Waals surface area contributed by atoms with Crippen molar-refractivity contribution in [2.75, 3.05) is 21.3 Å². The van der Waals surface area contributed by atoms with Crippen molar-refractivity contribution in [1.82, 2.24) is 0 Å². The molecule has 132 valence electrons. The molecule has 1 N–H and O–H groups in total. The maximum atomic E-state index is 12.5. The number of carbonyl (C=O) groups excluding carboxylic acids is 1. The standard InChI is InChI=1S/C18H30O5/c1-21-13-8-10-16(20)14(11-13)15(19)9-7-12-5-4-6-17(22-2)18(12)23-3/h7,9,12-14,16-18,20H,4-6,8,10-11H2,1-3H3/b9-7+. The summed E-state index contributed by atoms with van der Waals surface area (Å²) in [5.41, 5.74) is 0. The lowest BCUT2D eigenvalue weighted by Gasteiger charge is -2.35. The zero-order valence-corrected chi connectivity index (χ0v) is 14.4. The molecule has 0 amide bonds. The topological polar surface area (TPSA) is 65.0 Å². The summed E-state index contributed by atoms with van der Waals surface area (Å²) in [7, 11) is 5.06. The van der Waals surface area contributed by atoms with Gasteiger partial charge in [-0.15, -0.1) is 0 Å². The maximum Gasteiger partial charge on any atom is 0.161 e. The highest BCUT2D eigenvalue weighted by atomic mass is 16.5. The third-order valence-electron chi connectivity index (χ3n) is 5.36. The van der Waals surface area contributed by atoms with Crippen LogP contribution in [0.5, 0.6) is 0 Å². The molecule has 0 aromatic carbocycles. The van der Waals surface area contributed by atoms with E-state index in [-0.39, 0.29) is 35.9 Å². The van der Waals surface area contributed by atoms with Crippen molar-refractivity contribution in [1.29, 1.82) is 0 Å². The Bertz CT molecular complexity index is 408. The van der Waals surface area contributed by atoms with E-state index in [1.54, 1.807) is 27.4 Å². The Balaban J connectivity index is 1.98. The first kappa shape index (κ1) is 18.6. The number of aliphatic hydroxyl groups is 1. The molecule has 2 fully saturated rings. The Morgan fingerprint density at radius 3 is 2.48 bits per heavy atom. The summed E-state index contributed by atoms with van der Waals surface area (Å²) in [6, 6.07) is 0. The van der Waals surface area contributed by atoms with Crippen molar-refractivity contribution in [3.05, 3.63) is 12.2 Å². The van der Waals surface area contributed by atoms with Gasteiger partial charge in [0.15, 0.2) is 5.78 Å². The average Bonchev–Trinajstić information content (AvgIpc) is 2.59. The molecule has 0 aromatic rings. The molecule has 0 spiro atoms. The van der Waals surface area contributed by atoms with Crippen LogP contribution in [0.25, 0.3) is 0 Å². The molecular formula is C18H30O5. The van der Waals surface area contributed by atoms with Gasteiger partial charge in [0, 0.05) is 27.2 Å². The van der Waals surface area contributed by atoms with Crippen molar-refractivity contribution in [3.8, 4) is 0 Å². The molecule has 0 bridgehead atoms. The highest BCUT2D eigenvalue weighted by Gasteiger charge is 2.35. The monoisotopic (exact) mass is 326 g/mol. The number of allylic oxidation sites excluding steroid dienone is 1. The normalized spacial score (nSPS) is 38.8. The van der Waals surface area contributed by atoms with Gasteiger partial charge in [-0.25, -0.2) is 0 Å². The van der Waals surface area contributed by atoms with E-state index in [4.69, 9.17) is 14.2 Å². The molecule has 2 aliphatic rings. The summed E-state index contributed by atoms with van der Waals surface area (Å²) in [4.78, 5) is 12.5. The van der Waals surface area contributed by atoms with E-state index >= 15 is 0 Å². The lowest BCUT2D eigenvalue weighted by Crippen LogP contribution is -2.40. The summed E-state index contributed by atoms with van der Waals surface area (Å²) in [5, 5.41) is 10.1. The molecule has 2 rings (SSSR count). The van der Waals surface area contributed by atoms with Crippen molar-refractivity contribution in [3.63, 3.8) is 0 Å². The Morgan fingerprint density at radius 1 is 1.04 bits per heavy atom. The highest BCUT2D eigenvalue weighted by molar-refractivity contribution is 5.92. The smallest absolute Gasteiger partial charge is 0.161 e. The second-order valence-electron chi connectivity index (χ2n) is 6.68. The van der Waals surface area contributed by atoms with Crippen LogP contribution in [0.4, 0.5) is 0 Å². The molecule has 2 saturated carbocycles. The molecule has 2 aliphatic carbocycles. The van der Waals surface area contributed by atoms with Crippen LogP contribution in [0, 0.1) is 11.8 Å². The Morgan fingerprint density at radius 2 is 1.83 bits per heavy atom. The van der Waals surface area contributed by atoms with Crippen LogP contribution in [0.1, 0.15) is 38.5 Å². The van der Waals surface area contributed by atoms with Crippen molar-refractivity contribution < 1.29 is 24.1 Å². The van der Waals surface area contributed by atoms with Gasteiger partial charge in [0.05, 0.1) is 30.3 Å². The van der Waals surface area contributed by atoms with Crippen LogP contribution in [-0.2, 0) is 19.0 Å². The van der Waals surface area contributed by atoms with E-state index in [0.29, 0.717) is 12.8 Å². The Labute approximate surface area is 139 Å². The molecule has 0 aromatic heterocycles. The molecule has 23 heavy (non-hydrogen) atoms. The second-order valence-corrected chi connectivity index (χ2v) is 6.68. The minimum atomic E-state index is -0.560. The number of aliphatic hydroxyl groups excluding tert-OH is 1. The zero-order chi connectivity index (χ0) is 16.8. The van der Waals surface area contributed by atoms with Crippen molar-refractivity contribution >= 4 is 5.78 Å². The lowest BCUT2D eigenvalue weighted by molar-refractivity contribution is -0.126. The van der Waals surface area contributed by atoms with E-state index in [1.165, 1.54) is 0 Å². The van der Waals surface area contributed by atoms with Gasteiger partial charge in [-0.3, -0.25) is 4.79 Å². The summed E-state index contributed by atoms with van der Waals surface area (Å²) < 4.78 is 16.4. The van der Waals surface area contributed by atoms with Gasteiger partial charge in [-0.1, -0.05) is 12.5 Å². The molecule has 5 nitrogen and oxygen atoms in total. The number of ether oxygens (including phenoxy) is 3. The summed E-state index contributed by atoms with van der Waals surface area (Å²) >= 11 is 0. The van der Waals surface area contributed by atoms with Crippen LogP contribution in [0.3, 0.4) is 0 Å². The third-order valence-corrected chi connectivity index (χ3v) is 5.36. The van der Waals surface area contributed by atoms with Gasteiger partial charge in [0.2, 0.25) is 0 Å². The quantitative estimate of drug-likeness (QED) is 0.758. The van der Waals surface area contributed by atoms with Crippen molar-refractivity contribution in [2.24, 2.45) is 11.8 Å². The van der Waals surface area contributed by atoms with Gasteiger partial charge < -0.3 is 19.3 Å². The predicted molar refractivity (Wildman–Crippen MR) is 87.2 cm³/mol. The van der Waals surface area contributed by atoms with Crippen LogP contribution in [0.2, 0.25) is 0 Å². The van der Waals surface area contributed by atoms with Crippen molar-refractivity contribution in [2.45, 2.75) is 62.9 Å². The van der Waals surface area contributed by atoms with Gasteiger partial charge in [0.25, 0.3) is 0 Å². The lowest BCUT2D eigenvalue weighted by atomic mass is 9.80. The fourth-order valence-corrected chi connectivity index (χ4v) is 3.92. The van der Waals surface area contributed by atoms with Crippen LogP contribution in [-0.4, -0.2) is 56.6 Å². The van der Waals surface area contributed by atoms with E-state index in [9.17, 15) is 9.90 Å². The Hall–Kier alpha value is -0.750. The van der Waals surface area contributed by atoms with Crippen LogP contribution < -0.4 is 0 Å². The first-order valence-electron chi connectivity index (χ1n) is 8.59. The molecule has 6 unspecified atom stereocenters.